The third kappa shape index (κ3) is 3.94. The molecule has 2 aromatic carbocycles. The van der Waals surface area contributed by atoms with Gasteiger partial charge in [0.05, 0.1) is 11.3 Å². The highest BCUT2D eigenvalue weighted by molar-refractivity contribution is 7.80. The molecule has 128 valence electrons. The van der Waals surface area contributed by atoms with Gasteiger partial charge >= 0.3 is 6.18 Å². The molecule has 0 saturated carbocycles. The quantitative estimate of drug-likeness (QED) is 0.696. The van der Waals surface area contributed by atoms with E-state index in [1.165, 1.54) is 23.1 Å². The maximum Gasteiger partial charge on any atom is 0.416 e. The van der Waals surface area contributed by atoms with E-state index in [0.29, 0.717) is 11.5 Å². The largest absolute Gasteiger partial charge is 0.416 e. The van der Waals surface area contributed by atoms with Crippen LogP contribution in [0, 0.1) is 0 Å². The second-order valence-electron chi connectivity index (χ2n) is 5.12. The van der Waals surface area contributed by atoms with E-state index in [1.807, 2.05) is 0 Å². The molecular weight excluding hydrogens is 351 g/mol. The number of benzene rings is 2. The minimum atomic E-state index is -4.37. The summed E-state index contributed by atoms with van der Waals surface area (Å²) in [4.78, 5) is 4.18. The van der Waals surface area contributed by atoms with Crippen LogP contribution in [0.25, 0.3) is 17.1 Å². The Balaban J connectivity index is 1.81. The summed E-state index contributed by atoms with van der Waals surface area (Å²) < 4.78 is 39.2. The zero-order chi connectivity index (χ0) is 18.0. The SMILES string of the molecule is NC(=S)Nc1ccc(-c2ncn(-c3ccc(C(F)(F)F)cc3)n2)cc1. The Morgan fingerprint density at radius 3 is 2.24 bits per heavy atom. The Hall–Kier alpha value is -2.94. The second-order valence-corrected chi connectivity index (χ2v) is 5.56. The number of alkyl halides is 3. The van der Waals surface area contributed by atoms with Gasteiger partial charge in [-0.3, -0.25) is 0 Å². The van der Waals surface area contributed by atoms with Gasteiger partial charge in [0, 0.05) is 11.3 Å². The highest BCUT2D eigenvalue weighted by atomic mass is 32.1. The van der Waals surface area contributed by atoms with Gasteiger partial charge < -0.3 is 11.1 Å². The Bertz CT molecular complexity index is 885. The fourth-order valence-electron chi connectivity index (χ4n) is 2.17. The number of halogens is 3. The molecule has 1 aromatic heterocycles. The van der Waals surface area contributed by atoms with Crippen molar-refractivity contribution in [2.45, 2.75) is 6.18 Å². The average molecular weight is 363 g/mol. The van der Waals surface area contributed by atoms with Crippen molar-refractivity contribution in [1.82, 2.24) is 14.8 Å². The standard InChI is InChI=1S/C16H12F3N5S/c17-16(18,19)11-3-7-13(8-4-11)24-9-21-14(23-24)10-1-5-12(6-2-10)22-15(20)25/h1-9H,(H3,20,22,25). The van der Waals surface area contributed by atoms with Crippen LogP contribution in [0.15, 0.2) is 54.9 Å². The monoisotopic (exact) mass is 363 g/mol. The highest BCUT2D eigenvalue weighted by Gasteiger charge is 2.30. The Morgan fingerprint density at radius 2 is 1.68 bits per heavy atom. The van der Waals surface area contributed by atoms with Gasteiger partial charge in [0.2, 0.25) is 0 Å². The summed E-state index contributed by atoms with van der Waals surface area (Å²) in [6.45, 7) is 0. The number of nitrogens with two attached hydrogens (primary N) is 1. The van der Waals surface area contributed by atoms with Gasteiger partial charge in [0.15, 0.2) is 10.9 Å². The summed E-state index contributed by atoms with van der Waals surface area (Å²) in [7, 11) is 0. The number of nitrogens with zero attached hydrogens (tertiary/aromatic N) is 3. The molecule has 5 nitrogen and oxygen atoms in total. The van der Waals surface area contributed by atoms with Gasteiger partial charge in [-0.25, -0.2) is 9.67 Å². The minimum absolute atomic E-state index is 0.164. The third-order valence-electron chi connectivity index (χ3n) is 3.36. The van der Waals surface area contributed by atoms with E-state index in [-0.39, 0.29) is 5.11 Å². The molecule has 0 fully saturated rings. The molecule has 0 radical (unpaired) electrons. The number of hydrogen-bond donors (Lipinski definition) is 2. The van der Waals surface area contributed by atoms with Crippen molar-refractivity contribution in [3.05, 3.63) is 60.4 Å². The zero-order valence-corrected chi connectivity index (χ0v) is 13.5. The molecule has 0 atom stereocenters. The van der Waals surface area contributed by atoms with Crippen LogP contribution in [0.2, 0.25) is 0 Å². The normalized spacial score (nSPS) is 11.3. The summed E-state index contributed by atoms with van der Waals surface area (Å²) in [5.74, 6) is 0.446. The topological polar surface area (TPSA) is 68.8 Å². The van der Waals surface area contributed by atoms with E-state index in [4.69, 9.17) is 18.0 Å². The van der Waals surface area contributed by atoms with Gasteiger partial charge in [-0.05, 0) is 60.7 Å². The van der Waals surface area contributed by atoms with E-state index in [2.05, 4.69) is 15.4 Å². The average Bonchev–Trinajstić information content (AvgIpc) is 3.04. The predicted molar refractivity (Wildman–Crippen MR) is 92.2 cm³/mol. The molecule has 0 aliphatic rings. The summed E-state index contributed by atoms with van der Waals surface area (Å²) >= 11 is 4.76. The summed E-state index contributed by atoms with van der Waals surface area (Å²) in [5.41, 5.74) is 6.66. The first-order valence-electron chi connectivity index (χ1n) is 7.09. The molecule has 0 aliphatic carbocycles. The molecule has 0 aliphatic heterocycles. The molecule has 3 aromatic rings. The Morgan fingerprint density at radius 1 is 1.04 bits per heavy atom. The van der Waals surface area contributed by atoms with E-state index in [1.54, 1.807) is 24.3 Å². The molecule has 0 spiro atoms. The first-order valence-corrected chi connectivity index (χ1v) is 7.50. The van der Waals surface area contributed by atoms with E-state index >= 15 is 0 Å². The number of hydrogen-bond acceptors (Lipinski definition) is 3. The fraction of sp³-hybridized carbons (Fsp3) is 0.0625. The molecule has 0 amide bonds. The first-order chi connectivity index (χ1) is 11.8. The summed E-state index contributed by atoms with van der Waals surface area (Å²) in [6, 6.07) is 11.8. The van der Waals surface area contributed by atoms with Crippen molar-refractivity contribution in [3.63, 3.8) is 0 Å². The van der Waals surface area contributed by atoms with E-state index in [0.717, 1.165) is 23.4 Å². The Labute approximate surface area is 146 Å². The molecule has 0 bridgehead atoms. The number of anilines is 1. The van der Waals surface area contributed by atoms with Crippen LogP contribution in [-0.2, 0) is 6.18 Å². The molecule has 0 unspecified atom stereocenters. The van der Waals surface area contributed by atoms with Crippen LogP contribution in [0.5, 0.6) is 0 Å². The lowest BCUT2D eigenvalue weighted by molar-refractivity contribution is -0.137. The molecule has 3 N–H and O–H groups in total. The maximum atomic E-state index is 12.6. The van der Waals surface area contributed by atoms with Gasteiger partial charge in [-0.15, -0.1) is 5.10 Å². The number of thiocarbonyl (C=S) groups is 1. The summed E-state index contributed by atoms with van der Waals surface area (Å²) in [6.07, 6.45) is -2.92. The Kier molecular flexibility index (Phi) is 4.41. The molecule has 1 heterocycles. The predicted octanol–water partition coefficient (Wildman–Crippen LogP) is 3.61. The van der Waals surface area contributed by atoms with Crippen LogP contribution in [0.4, 0.5) is 18.9 Å². The minimum Gasteiger partial charge on any atom is -0.376 e. The molecular formula is C16H12F3N5S. The lowest BCUT2D eigenvalue weighted by Gasteiger charge is -2.07. The lowest BCUT2D eigenvalue weighted by atomic mass is 10.2. The van der Waals surface area contributed by atoms with Crippen LogP contribution in [-0.4, -0.2) is 19.9 Å². The van der Waals surface area contributed by atoms with Crippen LogP contribution < -0.4 is 11.1 Å². The first kappa shape index (κ1) is 16.9. The van der Waals surface area contributed by atoms with Crippen molar-refractivity contribution in [1.29, 1.82) is 0 Å². The number of aromatic nitrogens is 3. The van der Waals surface area contributed by atoms with Gasteiger partial charge in [0.1, 0.15) is 6.33 Å². The van der Waals surface area contributed by atoms with Crippen LogP contribution >= 0.6 is 12.2 Å². The van der Waals surface area contributed by atoms with Crippen molar-refractivity contribution in [2.75, 3.05) is 5.32 Å². The van der Waals surface area contributed by atoms with Crippen molar-refractivity contribution in [2.24, 2.45) is 5.73 Å². The highest BCUT2D eigenvalue weighted by Crippen LogP contribution is 2.29. The van der Waals surface area contributed by atoms with Crippen LogP contribution in [0.1, 0.15) is 5.56 Å². The van der Waals surface area contributed by atoms with Crippen LogP contribution in [0.3, 0.4) is 0 Å². The molecule has 3 rings (SSSR count). The number of nitrogens with one attached hydrogen (secondary N) is 1. The molecule has 0 saturated heterocycles. The fourth-order valence-corrected chi connectivity index (χ4v) is 2.29. The van der Waals surface area contributed by atoms with Gasteiger partial charge in [-0.1, -0.05) is 0 Å². The smallest absolute Gasteiger partial charge is 0.376 e. The van der Waals surface area contributed by atoms with Crippen molar-refractivity contribution in [3.8, 4) is 17.1 Å². The van der Waals surface area contributed by atoms with Gasteiger partial charge in [-0.2, -0.15) is 13.2 Å². The maximum absolute atomic E-state index is 12.6. The van der Waals surface area contributed by atoms with Crippen molar-refractivity contribution >= 4 is 23.0 Å². The third-order valence-corrected chi connectivity index (χ3v) is 3.46. The summed E-state index contributed by atoms with van der Waals surface area (Å²) in [5, 5.41) is 7.25. The number of rotatable bonds is 3. The van der Waals surface area contributed by atoms with Crippen molar-refractivity contribution < 1.29 is 13.2 Å². The molecule has 9 heteroatoms. The second kappa shape index (κ2) is 6.52. The molecule has 25 heavy (non-hydrogen) atoms. The van der Waals surface area contributed by atoms with Gasteiger partial charge in [0.25, 0.3) is 0 Å². The zero-order valence-electron chi connectivity index (χ0n) is 12.7. The lowest BCUT2D eigenvalue weighted by Crippen LogP contribution is -2.18. The van der Waals surface area contributed by atoms with E-state index < -0.39 is 11.7 Å². The van der Waals surface area contributed by atoms with E-state index in [9.17, 15) is 13.2 Å².